The molecule has 0 spiro atoms. The number of hydrogen-bond donors (Lipinski definition) is 2. The van der Waals surface area contributed by atoms with Gasteiger partial charge in [0.25, 0.3) is 11.8 Å². The fourth-order valence-electron chi connectivity index (χ4n) is 4.88. The fraction of sp³-hybridized carbons (Fsp3) is 0.345. The van der Waals surface area contributed by atoms with Crippen molar-refractivity contribution in [3.05, 3.63) is 65.0 Å². The third kappa shape index (κ3) is 5.68. The van der Waals surface area contributed by atoms with Crippen molar-refractivity contribution >= 4 is 40.1 Å². The lowest BCUT2D eigenvalue weighted by Gasteiger charge is -2.26. The molecule has 0 bridgehead atoms. The van der Waals surface area contributed by atoms with Crippen LogP contribution in [0.1, 0.15) is 48.8 Å². The minimum atomic E-state index is -0.325. The molecule has 1 aromatic carbocycles. The zero-order chi connectivity index (χ0) is 28.4. The molecule has 0 aliphatic carbocycles. The number of nitrogens with one attached hydrogen (secondary N) is 1. The number of carbonyl (C=O) groups is 2. The van der Waals surface area contributed by atoms with E-state index in [9.17, 15) is 20.0 Å². The molecule has 1 aliphatic heterocycles. The number of benzene rings is 1. The number of oxazole rings is 1. The Morgan fingerprint density at radius 3 is 2.83 bits per heavy atom. The number of amides is 2. The van der Waals surface area contributed by atoms with Gasteiger partial charge in [0.2, 0.25) is 5.95 Å². The number of thiophene rings is 1. The number of hydrogen-bond acceptors (Lipinski definition) is 8. The molecule has 0 saturated carbocycles. The smallest absolute Gasteiger partial charge is 0.268 e. The maximum absolute atomic E-state index is 13.4. The summed E-state index contributed by atoms with van der Waals surface area (Å²) < 4.78 is 7.24. The number of rotatable bonds is 7. The highest BCUT2D eigenvalue weighted by Crippen LogP contribution is 2.30. The van der Waals surface area contributed by atoms with E-state index in [2.05, 4.69) is 21.4 Å². The number of imidazole rings is 1. The van der Waals surface area contributed by atoms with Crippen LogP contribution < -0.4 is 5.32 Å². The number of anilines is 1. The van der Waals surface area contributed by atoms with E-state index in [-0.39, 0.29) is 35.5 Å². The van der Waals surface area contributed by atoms with Gasteiger partial charge in [-0.3, -0.25) is 14.9 Å². The minimum absolute atomic E-state index is 0.133. The van der Waals surface area contributed by atoms with Gasteiger partial charge in [0.05, 0.1) is 39.6 Å². The Bertz CT molecular complexity index is 1620. The first-order chi connectivity index (χ1) is 19.2. The molecule has 5 rings (SSSR count). The standard InChI is InChI=1S/C29H30N6O4S/c1-29(2,3)12-19(13-30)27(38)34-10-4-5-20(34)15-35-22-7-6-18(16-36)11-21(22)32-28(35)33-26(37)25-9-8-24(40-25)23-14-31-17-39-23/h6-9,11-12,14,17,20,36H,4-5,10,15-16H2,1-3H3,(H,32,33,37)/b19-12+/t20-/m1/s1. The van der Waals surface area contributed by atoms with Gasteiger partial charge in [0.1, 0.15) is 11.6 Å². The van der Waals surface area contributed by atoms with Crippen molar-refractivity contribution in [2.75, 3.05) is 11.9 Å². The molecule has 1 fully saturated rings. The molecule has 1 saturated heterocycles. The minimum Gasteiger partial charge on any atom is -0.443 e. The topological polar surface area (TPSA) is 137 Å². The molecule has 4 heterocycles. The van der Waals surface area contributed by atoms with Crippen molar-refractivity contribution in [1.29, 1.82) is 5.26 Å². The van der Waals surface area contributed by atoms with Gasteiger partial charge in [-0.05, 0) is 48.1 Å². The van der Waals surface area contributed by atoms with Crippen molar-refractivity contribution in [3.63, 3.8) is 0 Å². The first-order valence-electron chi connectivity index (χ1n) is 13.0. The van der Waals surface area contributed by atoms with Crippen LogP contribution in [-0.2, 0) is 17.9 Å². The van der Waals surface area contributed by atoms with Gasteiger partial charge in [-0.1, -0.05) is 32.9 Å². The van der Waals surface area contributed by atoms with Crippen molar-refractivity contribution in [3.8, 4) is 16.7 Å². The predicted octanol–water partition coefficient (Wildman–Crippen LogP) is 4.98. The Hall–Kier alpha value is -4.27. The Morgan fingerprint density at radius 2 is 2.12 bits per heavy atom. The fourth-order valence-corrected chi connectivity index (χ4v) is 5.73. The molecule has 1 aliphatic rings. The summed E-state index contributed by atoms with van der Waals surface area (Å²) in [5.74, 6) is 0.316. The Kier molecular flexibility index (Phi) is 7.56. The number of aromatic nitrogens is 3. The van der Waals surface area contributed by atoms with E-state index < -0.39 is 0 Å². The highest BCUT2D eigenvalue weighted by atomic mass is 32.1. The van der Waals surface area contributed by atoms with E-state index >= 15 is 0 Å². The summed E-state index contributed by atoms with van der Waals surface area (Å²) in [6, 6.07) is 10.9. The lowest BCUT2D eigenvalue weighted by molar-refractivity contribution is -0.127. The molecule has 1 atom stereocenters. The predicted molar refractivity (Wildman–Crippen MR) is 151 cm³/mol. The molecule has 3 aromatic heterocycles. The lowest BCUT2D eigenvalue weighted by atomic mass is 9.93. The monoisotopic (exact) mass is 558 g/mol. The quantitative estimate of drug-likeness (QED) is 0.241. The zero-order valence-electron chi connectivity index (χ0n) is 22.5. The van der Waals surface area contributed by atoms with Crippen LogP contribution >= 0.6 is 11.3 Å². The van der Waals surface area contributed by atoms with E-state index in [0.717, 1.165) is 23.2 Å². The highest BCUT2D eigenvalue weighted by Gasteiger charge is 2.32. The first-order valence-corrected chi connectivity index (χ1v) is 13.8. The van der Waals surface area contributed by atoms with Crippen molar-refractivity contribution in [1.82, 2.24) is 19.4 Å². The van der Waals surface area contributed by atoms with Gasteiger partial charge >= 0.3 is 0 Å². The van der Waals surface area contributed by atoms with Crippen molar-refractivity contribution in [2.24, 2.45) is 5.41 Å². The van der Waals surface area contributed by atoms with E-state index in [1.165, 1.54) is 17.7 Å². The van der Waals surface area contributed by atoms with Gasteiger partial charge < -0.3 is 19.0 Å². The number of carbonyl (C=O) groups excluding carboxylic acids is 2. The van der Waals surface area contributed by atoms with E-state index in [1.807, 2.05) is 37.5 Å². The average Bonchev–Trinajstić information content (AvgIpc) is 3.73. The molecular weight excluding hydrogens is 528 g/mol. The second kappa shape index (κ2) is 11.1. The van der Waals surface area contributed by atoms with Crippen LogP contribution in [0.4, 0.5) is 5.95 Å². The number of allylic oxidation sites excluding steroid dienone is 1. The normalized spacial score (nSPS) is 15.9. The summed E-state index contributed by atoms with van der Waals surface area (Å²) in [7, 11) is 0. The highest BCUT2D eigenvalue weighted by molar-refractivity contribution is 7.17. The zero-order valence-corrected chi connectivity index (χ0v) is 23.4. The molecule has 10 nitrogen and oxygen atoms in total. The first kappa shape index (κ1) is 27.3. The summed E-state index contributed by atoms with van der Waals surface area (Å²) in [6.07, 6.45) is 6.22. The summed E-state index contributed by atoms with van der Waals surface area (Å²) in [5.41, 5.74) is 1.92. The van der Waals surface area contributed by atoms with Gasteiger partial charge in [0.15, 0.2) is 12.2 Å². The molecule has 206 valence electrons. The molecule has 2 N–H and O–H groups in total. The number of fused-ring (bicyclic) bond motifs is 1. The number of aliphatic hydroxyl groups is 1. The lowest BCUT2D eigenvalue weighted by Crippen LogP contribution is -2.39. The summed E-state index contributed by atoms with van der Waals surface area (Å²) in [6.45, 7) is 6.66. The largest absolute Gasteiger partial charge is 0.443 e. The average molecular weight is 559 g/mol. The van der Waals surface area contributed by atoms with E-state index in [0.29, 0.717) is 40.8 Å². The van der Waals surface area contributed by atoms with Gasteiger partial charge in [0, 0.05) is 13.1 Å². The second-order valence-corrected chi connectivity index (χ2v) is 11.9. The van der Waals surface area contributed by atoms with Gasteiger partial charge in [-0.2, -0.15) is 5.26 Å². The van der Waals surface area contributed by atoms with Gasteiger partial charge in [-0.15, -0.1) is 11.3 Å². The maximum atomic E-state index is 13.4. The van der Waals surface area contributed by atoms with Crippen LogP contribution in [0, 0.1) is 16.7 Å². The van der Waals surface area contributed by atoms with Crippen LogP contribution in [-0.4, -0.2) is 48.9 Å². The van der Waals surface area contributed by atoms with Crippen LogP contribution in [0.15, 0.2) is 59.0 Å². The van der Waals surface area contributed by atoms with Crippen LogP contribution in [0.2, 0.25) is 0 Å². The molecule has 40 heavy (non-hydrogen) atoms. The number of nitrogens with zero attached hydrogens (tertiary/aromatic N) is 5. The van der Waals surface area contributed by atoms with Crippen LogP contribution in [0.5, 0.6) is 0 Å². The number of nitriles is 1. The summed E-state index contributed by atoms with van der Waals surface area (Å²) in [5, 5.41) is 22.3. The van der Waals surface area contributed by atoms with Crippen LogP contribution in [0.3, 0.4) is 0 Å². The van der Waals surface area contributed by atoms with Crippen molar-refractivity contribution in [2.45, 2.75) is 52.8 Å². The molecule has 2 amide bonds. The van der Waals surface area contributed by atoms with E-state index in [4.69, 9.17) is 4.42 Å². The van der Waals surface area contributed by atoms with E-state index in [1.54, 1.807) is 35.4 Å². The summed E-state index contributed by atoms with van der Waals surface area (Å²) >= 11 is 1.28. The van der Waals surface area contributed by atoms with Crippen LogP contribution in [0.25, 0.3) is 21.7 Å². The third-order valence-electron chi connectivity index (χ3n) is 6.69. The summed E-state index contributed by atoms with van der Waals surface area (Å²) in [4.78, 5) is 38.3. The molecular formula is C29H30N6O4S. The number of aliphatic hydroxyl groups excluding tert-OH is 1. The molecule has 4 aromatic rings. The van der Waals surface area contributed by atoms with Crippen molar-refractivity contribution < 1.29 is 19.1 Å². The second-order valence-electron chi connectivity index (χ2n) is 10.8. The number of likely N-dealkylation sites (tertiary alicyclic amines) is 1. The maximum Gasteiger partial charge on any atom is 0.268 e. The Balaban J connectivity index is 1.45. The van der Waals surface area contributed by atoms with Gasteiger partial charge in [-0.25, -0.2) is 9.97 Å². The SMILES string of the molecule is CC(C)(C)/C=C(\C#N)C(=O)N1CCC[C@@H]1Cn1c(NC(=O)c2ccc(-c3cnco3)s2)nc2cc(CO)ccc21. The molecule has 11 heteroatoms. The molecule has 0 unspecified atom stereocenters. The Labute approximate surface area is 235 Å². The third-order valence-corrected chi connectivity index (χ3v) is 7.78. The molecule has 0 radical (unpaired) electrons. The Morgan fingerprint density at radius 1 is 1.30 bits per heavy atom.